The van der Waals surface area contributed by atoms with Gasteiger partial charge in [0.2, 0.25) is 5.91 Å². The van der Waals surface area contributed by atoms with Crippen LogP contribution in [0.3, 0.4) is 0 Å². The van der Waals surface area contributed by atoms with Crippen LogP contribution in [-0.2, 0) is 22.6 Å². The van der Waals surface area contributed by atoms with Gasteiger partial charge in [0.05, 0.1) is 13.1 Å². The minimum atomic E-state index is -1.25. The van der Waals surface area contributed by atoms with Crippen LogP contribution in [0.2, 0.25) is 0 Å². The van der Waals surface area contributed by atoms with Gasteiger partial charge in [-0.05, 0) is 43.7 Å². The molecule has 4 rings (SSSR count). The van der Waals surface area contributed by atoms with Crippen LogP contribution in [-0.4, -0.2) is 89.1 Å². The van der Waals surface area contributed by atoms with Gasteiger partial charge in [-0.25, -0.2) is 4.98 Å². The molecule has 0 bridgehead atoms. The SMILES string of the molecule is COCC(=O)N1CCN(Cc2cccc(OCCn3ccnc3C)c2)C[C@@](O)(COc2ccc(C)cc2)C1. The highest BCUT2D eigenvalue weighted by atomic mass is 16.5. The number of carbonyl (C=O) groups excluding carboxylic acids is 1. The third kappa shape index (κ3) is 7.80. The van der Waals surface area contributed by atoms with Gasteiger partial charge in [-0.3, -0.25) is 9.69 Å². The van der Waals surface area contributed by atoms with Crippen molar-refractivity contribution in [3.63, 3.8) is 0 Å². The predicted octanol–water partition coefficient (Wildman–Crippen LogP) is 2.68. The second kappa shape index (κ2) is 12.9. The lowest BCUT2D eigenvalue weighted by molar-refractivity contribution is -0.138. The van der Waals surface area contributed by atoms with Crippen LogP contribution < -0.4 is 9.47 Å². The van der Waals surface area contributed by atoms with Gasteiger partial charge in [0.25, 0.3) is 0 Å². The van der Waals surface area contributed by atoms with Crippen LogP contribution in [0.25, 0.3) is 0 Å². The maximum Gasteiger partial charge on any atom is 0.248 e. The number of nitrogens with zero attached hydrogens (tertiary/aromatic N) is 4. The molecule has 1 saturated heterocycles. The van der Waals surface area contributed by atoms with Gasteiger partial charge in [0.1, 0.15) is 42.7 Å². The standard InChI is InChI=1S/C29H38N4O5/c1-23-7-9-26(10-8-23)38-22-29(35)20-31(13-14-33(21-29)28(34)19-36-3)18-25-5-4-6-27(17-25)37-16-15-32-12-11-30-24(32)2/h4-12,17,35H,13-16,18-22H2,1-3H3/t29-/m0/s1. The Bertz CT molecular complexity index is 1180. The number of imidazole rings is 1. The highest BCUT2D eigenvalue weighted by Crippen LogP contribution is 2.22. The molecule has 0 saturated carbocycles. The Morgan fingerprint density at radius 2 is 1.87 bits per heavy atom. The molecule has 1 aliphatic rings. The van der Waals surface area contributed by atoms with Crippen molar-refractivity contribution < 1.29 is 24.1 Å². The van der Waals surface area contributed by atoms with Crippen molar-refractivity contribution in [2.45, 2.75) is 32.5 Å². The lowest BCUT2D eigenvalue weighted by Crippen LogP contribution is -2.52. The van der Waals surface area contributed by atoms with Gasteiger partial charge in [-0.1, -0.05) is 29.8 Å². The van der Waals surface area contributed by atoms with E-state index in [2.05, 4.69) is 14.5 Å². The average molecular weight is 523 g/mol. The van der Waals surface area contributed by atoms with Crippen LogP contribution in [0.1, 0.15) is 17.0 Å². The van der Waals surface area contributed by atoms with Gasteiger partial charge in [0, 0.05) is 45.7 Å². The molecule has 9 nitrogen and oxygen atoms in total. The molecule has 1 aromatic heterocycles. The first kappa shape index (κ1) is 27.6. The summed E-state index contributed by atoms with van der Waals surface area (Å²) in [5.74, 6) is 2.29. The zero-order valence-electron chi connectivity index (χ0n) is 22.5. The van der Waals surface area contributed by atoms with Crippen molar-refractivity contribution in [2.75, 3.05) is 53.1 Å². The second-order valence-electron chi connectivity index (χ2n) is 9.95. The molecule has 0 aliphatic carbocycles. The van der Waals surface area contributed by atoms with Crippen molar-refractivity contribution in [1.29, 1.82) is 0 Å². The molecule has 1 fully saturated rings. The summed E-state index contributed by atoms with van der Waals surface area (Å²) in [5, 5.41) is 11.7. The first-order valence-electron chi connectivity index (χ1n) is 12.9. The normalized spacial score (nSPS) is 18.3. The number of β-amino-alcohol motifs (C(OH)–C–C–N with tert-alkyl or cyclic N) is 1. The molecular formula is C29H38N4O5. The fraction of sp³-hybridized carbons (Fsp3) is 0.448. The maximum absolute atomic E-state index is 12.7. The van der Waals surface area contributed by atoms with Crippen molar-refractivity contribution in [1.82, 2.24) is 19.4 Å². The number of amides is 1. The van der Waals surface area contributed by atoms with E-state index in [-0.39, 0.29) is 25.7 Å². The van der Waals surface area contributed by atoms with Crippen molar-refractivity contribution in [2.24, 2.45) is 0 Å². The number of ether oxygens (including phenoxy) is 3. The predicted molar refractivity (Wildman–Crippen MR) is 144 cm³/mol. The lowest BCUT2D eigenvalue weighted by Gasteiger charge is -2.33. The van der Waals surface area contributed by atoms with Gasteiger partial charge in [0.15, 0.2) is 0 Å². The summed E-state index contributed by atoms with van der Waals surface area (Å²) in [6.45, 7) is 7.56. The Labute approximate surface area is 224 Å². The van der Waals surface area contributed by atoms with Crippen molar-refractivity contribution >= 4 is 5.91 Å². The zero-order valence-corrected chi connectivity index (χ0v) is 22.5. The molecule has 204 valence electrons. The van der Waals surface area contributed by atoms with Crippen LogP contribution in [0, 0.1) is 13.8 Å². The first-order chi connectivity index (χ1) is 18.3. The molecular weight excluding hydrogens is 484 g/mol. The maximum atomic E-state index is 12.7. The first-order valence-corrected chi connectivity index (χ1v) is 12.9. The van der Waals surface area contributed by atoms with E-state index < -0.39 is 5.60 Å². The Balaban J connectivity index is 1.41. The van der Waals surface area contributed by atoms with E-state index in [0.29, 0.717) is 38.5 Å². The monoisotopic (exact) mass is 522 g/mol. The molecule has 0 unspecified atom stereocenters. The zero-order chi connectivity index (χ0) is 27.0. The Morgan fingerprint density at radius 3 is 2.61 bits per heavy atom. The Hall–Kier alpha value is -3.40. The van der Waals surface area contributed by atoms with E-state index in [0.717, 1.165) is 29.2 Å². The number of hydrogen-bond donors (Lipinski definition) is 1. The number of methoxy groups -OCH3 is 1. The van der Waals surface area contributed by atoms with E-state index >= 15 is 0 Å². The minimum absolute atomic E-state index is 0.0210. The fourth-order valence-corrected chi connectivity index (χ4v) is 4.64. The van der Waals surface area contributed by atoms with E-state index in [1.165, 1.54) is 7.11 Å². The number of benzene rings is 2. The van der Waals surface area contributed by atoms with E-state index in [9.17, 15) is 9.90 Å². The molecule has 0 spiro atoms. The van der Waals surface area contributed by atoms with Gasteiger partial charge in [-0.15, -0.1) is 0 Å². The number of aryl methyl sites for hydroxylation is 2. The summed E-state index contributed by atoms with van der Waals surface area (Å²) in [4.78, 5) is 20.7. The van der Waals surface area contributed by atoms with Crippen LogP contribution >= 0.6 is 0 Å². The van der Waals surface area contributed by atoms with Crippen LogP contribution in [0.4, 0.5) is 0 Å². The molecule has 2 heterocycles. The largest absolute Gasteiger partial charge is 0.492 e. The quantitative estimate of drug-likeness (QED) is 0.414. The molecule has 0 radical (unpaired) electrons. The Kier molecular flexibility index (Phi) is 9.38. The van der Waals surface area contributed by atoms with Gasteiger partial charge >= 0.3 is 0 Å². The molecule has 1 amide bonds. The Morgan fingerprint density at radius 1 is 1.05 bits per heavy atom. The van der Waals surface area contributed by atoms with Crippen molar-refractivity contribution in [3.05, 3.63) is 77.9 Å². The summed E-state index contributed by atoms with van der Waals surface area (Å²) in [7, 11) is 1.50. The molecule has 1 atom stereocenters. The number of rotatable bonds is 11. The van der Waals surface area contributed by atoms with Crippen molar-refractivity contribution in [3.8, 4) is 11.5 Å². The number of aliphatic hydroxyl groups is 1. The average Bonchev–Trinajstić information content (AvgIpc) is 3.22. The molecule has 2 aromatic carbocycles. The third-order valence-electron chi connectivity index (χ3n) is 6.67. The van der Waals surface area contributed by atoms with Gasteiger partial charge in [-0.2, -0.15) is 0 Å². The molecule has 3 aromatic rings. The molecule has 9 heteroatoms. The third-order valence-corrected chi connectivity index (χ3v) is 6.67. The van der Waals surface area contributed by atoms with Crippen LogP contribution in [0.15, 0.2) is 60.9 Å². The fourth-order valence-electron chi connectivity index (χ4n) is 4.64. The molecule has 38 heavy (non-hydrogen) atoms. The van der Waals surface area contributed by atoms with Gasteiger partial charge < -0.3 is 28.8 Å². The highest BCUT2D eigenvalue weighted by molar-refractivity contribution is 5.77. The molecule has 1 N–H and O–H groups in total. The topological polar surface area (TPSA) is 89.3 Å². The number of hydrogen-bond acceptors (Lipinski definition) is 7. The number of carbonyl (C=O) groups is 1. The lowest BCUT2D eigenvalue weighted by atomic mass is 10.0. The summed E-state index contributed by atoms with van der Waals surface area (Å²) >= 11 is 0. The minimum Gasteiger partial charge on any atom is -0.492 e. The summed E-state index contributed by atoms with van der Waals surface area (Å²) in [6.07, 6.45) is 3.73. The summed E-state index contributed by atoms with van der Waals surface area (Å²) < 4.78 is 19.1. The van der Waals surface area contributed by atoms with E-state index in [1.807, 2.05) is 68.6 Å². The van der Waals surface area contributed by atoms with E-state index in [4.69, 9.17) is 14.2 Å². The second-order valence-corrected chi connectivity index (χ2v) is 9.95. The summed E-state index contributed by atoms with van der Waals surface area (Å²) in [5.41, 5.74) is 0.956. The number of aromatic nitrogens is 2. The summed E-state index contributed by atoms with van der Waals surface area (Å²) in [6, 6.07) is 15.7. The van der Waals surface area contributed by atoms with E-state index in [1.54, 1.807) is 11.1 Å². The smallest absolute Gasteiger partial charge is 0.248 e. The highest BCUT2D eigenvalue weighted by Gasteiger charge is 2.37. The van der Waals surface area contributed by atoms with Crippen LogP contribution in [0.5, 0.6) is 11.5 Å². The molecule has 1 aliphatic heterocycles.